The van der Waals surface area contributed by atoms with Crippen molar-refractivity contribution in [2.75, 3.05) is 26.4 Å². The number of aliphatic hydroxyl groups excluding tert-OH is 1. The van der Waals surface area contributed by atoms with Crippen LogP contribution in [-0.2, 0) is 45.5 Å². The Morgan fingerprint density at radius 3 is 1.95 bits per heavy atom. The normalized spacial score (nSPS) is 14.3. The highest BCUT2D eigenvalue weighted by molar-refractivity contribution is 7.47. The fraction of sp³-hybridized carbons (Fsp3) is 0.673. The van der Waals surface area contributed by atoms with Crippen molar-refractivity contribution in [2.24, 2.45) is 5.73 Å². The van der Waals surface area contributed by atoms with Crippen LogP contribution in [0.4, 0.5) is 0 Å². The van der Waals surface area contributed by atoms with Gasteiger partial charge in [0.05, 0.1) is 19.3 Å². The molecular weight excluding hydrogens is 794 g/mol. The Bertz CT molecular complexity index is 1480. The summed E-state index contributed by atoms with van der Waals surface area (Å²) in [7, 11) is -4.42. The van der Waals surface area contributed by atoms with Crippen LogP contribution in [0.1, 0.15) is 171 Å². The molecule has 0 aromatic carbocycles. The molecule has 0 aliphatic heterocycles. The largest absolute Gasteiger partial charge is 0.472 e. The maximum atomic E-state index is 12.7. The fourth-order valence-corrected chi connectivity index (χ4v) is 7.23. The van der Waals surface area contributed by atoms with Gasteiger partial charge in [0.1, 0.15) is 18.1 Å². The number of aryl methyl sites for hydroxylation is 2. The van der Waals surface area contributed by atoms with E-state index in [2.05, 4.69) is 45.9 Å². The van der Waals surface area contributed by atoms with Gasteiger partial charge in [-0.3, -0.25) is 18.6 Å². The Hall–Kier alpha value is -3.05. The van der Waals surface area contributed by atoms with Gasteiger partial charge in [-0.2, -0.15) is 0 Å². The van der Waals surface area contributed by atoms with E-state index in [1.165, 1.54) is 74.0 Å². The average Bonchev–Trinajstić information content (AvgIpc) is 3.51. The lowest BCUT2D eigenvalue weighted by Crippen LogP contribution is -2.29. The lowest BCUT2D eigenvalue weighted by atomic mass is 10.0. The molecule has 0 aliphatic carbocycles. The van der Waals surface area contributed by atoms with Crippen LogP contribution in [-0.4, -0.2) is 60.5 Å². The van der Waals surface area contributed by atoms with E-state index >= 15 is 0 Å². The molecule has 348 valence electrons. The van der Waals surface area contributed by atoms with Crippen LogP contribution in [0.2, 0.25) is 0 Å². The Balaban J connectivity index is 2.28. The number of hydrogen-bond donors (Lipinski definition) is 3. The van der Waals surface area contributed by atoms with E-state index in [0.29, 0.717) is 25.7 Å². The maximum Gasteiger partial charge on any atom is 0.472 e. The summed E-state index contributed by atoms with van der Waals surface area (Å²) in [6, 6.07) is 0. The molecule has 0 aliphatic rings. The molecule has 1 rings (SSSR count). The van der Waals surface area contributed by atoms with Crippen LogP contribution in [0.25, 0.3) is 0 Å². The highest BCUT2D eigenvalue weighted by Crippen LogP contribution is 2.43. The van der Waals surface area contributed by atoms with E-state index in [9.17, 15) is 24.2 Å². The van der Waals surface area contributed by atoms with Gasteiger partial charge in [-0.25, -0.2) is 4.57 Å². The van der Waals surface area contributed by atoms with Crippen molar-refractivity contribution >= 4 is 19.8 Å². The third-order valence-electron chi connectivity index (χ3n) is 10.2. The molecule has 0 saturated heterocycles. The summed E-state index contributed by atoms with van der Waals surface area (Å²) >= 11 is 0. The number of allylic oxidation sites excluding steroid dienone is 8. The summed E-state index contributed by atoms with van der Waals surface area (Å²) in [6.07, 6.45) is 39.6. The third-order valence-corrected chi connectivity index (χ3v) is 11.2. The predicted molar refractivity (Wildman–Crippen MR) is 247 cm³/mol. The topological polar surface area (TPSA) is 168 Å². The van der Waals surface area contributed by atoms with Gasteiger partial charge < -0.3 is 29.6 Å². The second kappa shape index (κ2) is 37.5. The summed E-state index contributed by atoms with van der Waals surface area (Å²) in [6.45, 7) is 7.78. The number of phosphoric ester groups is 1. The first-order chi connectivity index (χ1) is 29.5. The number of esters is 2. The summed E-state index contributed by atoms with van der Waals surface area (Å²) in [4.78, 5) is 35.0. The van der Waals surface area contributed by atoms with E-state index in [1.807, 2.05) is 36.5 Å². The van der Waals surface area contributed by atoms with Crippen molar-refractivity contribution in [1.82, 2.24) is 0 Å². The molecule has 11 nitrogen and oxygen atoms in total. The summed E-state index contributed by atoms with van der Waals surface area (Å²) in [5, 5.41) is 10.0. The zero-order valence-electron chi connectivity index (χ0n) is 38.2. The minimum Gasteiger partial charge on any atom is -0.466 e. The molecular formula is C49H82NO10P. The summed E-state index contributed by atoms with van der Waals surface area (Å²) in [5.41, 5.74) is 8.03. The molecule has 0 spiro atoms. The first kappa shape index (κ1) is 56.0. The molecule has 2 unspecified atom stereocenters. The van der Waals surface area contributed by atoms with E-state index in [1.54, 1.807) is 6.08 Å². The Morgan fingerprint density at radius 2 is 1.30 bits per heavy atom. The highest BCUT2D eigenvalue weighted by atomic mass is 31.2. The Morgan fingerprint density at radius 1 is 0.705 bits per heavy atom. The van der Waals surface area contributed by atoms with Crippen LogP contribution in [0.15, 0.2) is 65.2 Å². The zero-order chi connectivity index (χ0) is 44.8. The second-order valence-corrected chi connectivity index (χ2v) is 17.1. The maximum absolute atomic E-state index is 12.7. The van der Waals surface area contributed by atoms with E-state index in [4.69, 9.17) is 28.7 Å². The van der Waals surface area contributed by atoms with E-state index in [-0.39, 0.29) is 32.6 Å². The number of furan rings is 1. The molecule has 0 amide bonds. The van der Waals surface area contributed by atoms with E-state index in [0.717, 1.165) is 57.8 Å². The van der Waals surface area contributed by atoms with Gasteiger partial charge >= 0.3 is 19.8 Å². The molecule has 0 bridgehead atoms. The smallest absolute Gasteiger partial charge is 0.466 e. The standard InChI is InChI=1S/C49H82NO10P/c1-5-7-9-10-21-27-32-44(51)33-28-22-17-15-16-19-24-30-36-48(52)56-40-45(41-58-61(54,55)57-39-38-50)59-49(53)37-31-25-20-14-12-11-13-18-23-29-35-47-43(4)42(3)46(60-47)34-26-8-6-2/h7,9,16-17,19,21-22,27-28,33,44-45,51H,5-6,8,10-15,18,20,23-26,29-32,34-41,50H2,1-4H3,(H,54,55)/b9-7-,19-16-,22-17-,27-21-,33-28+/t44?,45-/m1/s1. The number of carbonyl (C=O) groups is 2. The molecule has 1 aromatic heterocycles. The molecule has 0 saturated carbocycles. The van der Waals surface area contributed by atoms with Crippen molar-refractivity contribution in [3.63, 3.8) is 0 Å². The molecule has 1 aromatic rings. The van der Waals surface area contributed by atoms with Crippen LogP contribution in [0.5, 0.6) is 0 Å². The first-order valence-corrected chi connectivity index (χ1v) is 24.7. The monoisotopic (exact) mass is 876 g/mol. The first-order valence-electron chi connectivity index (χ1n) is 23.2. The summed E-state index contributed by atoms with van der Waals surface area (Å²) in [5.74, 6) is 1.40. The number of hydrogen-bond acceptors (Lipinski definition) is 10. The molecule has 4 N–H and O–H groups in total. The number of aliphatic hydroxyl groups is 1. The SMILES string of the molecule is CC/C=C\C/C=C\CC(O)/C=C/C=C\C/C=C\CCCC(=O)OC[C@H](COP(=O)(O)OCCN)OC(=O)CCCCCCCCCCCCc1oc(CCCCC)c(C)c1C. The van der Waals surface area contributed by atoms with E-state index < -0.39 is 38.6 Å². The van der Waals surface area contributed by atoms with Crippen molar-refractivity contribution in [1.29, 1.82) is 0 Å². The van der Waals surface area contributed by atoms with Gasteiger partial charge in [0.25, 0.3) is 0 Å². The minimum absolute atomic E-state index is 0.0287. The van der Waals surface area contributed by atoms with Crippen molar-refractivity contribution in [3.05, 3.63) is 83.4 Å². The molecule has 12 heteroatoms. The van der Waals surface area contributed by atoms with Gasteiger partial charge in [0.2, 0.25) is 0 Å². The number of phosphoric acid groups is 1. The molecule has 3 atom stereocenters. The second-order valence-electron chi connectivity index (χ2n) is 15.7. The predicted octanol–water partition coefficient (Wildman–Crippen LogP) is 11.9. The minimum atomic E-state index is -4.42. The molecule has 1 heterocycles. The number of nitrogens with two attached hydrogens (primary N) is 1. The lowest BCUT2D eigenvalue weighted by Gasteiger charge is -2.19. The molecule has 0 fully saturated rings. The Kier molecular flexibility index (Phi) is 34.4. The zero-order valence-corrected chi connectivity index (χ0v) is 39.1. The van der Waals surface area contributed by atoms with Crippen molar-refractivity contribution in [3.8, 4) is 0 Å². The number of unbranched alkanes of at least 4 members (excludes halogenated alkanes) is 12. The third kappa shape index (κ3) is 31.4. The molecule has 0 radical (unpaired) electrons. The van der Waals surface area contributed by atoms with Gasteiger partial charge in [-0.1, -0.05) is 139 Å². The van der Waals surface area contributed by atoms with Crippen LogP contribution in [0, 0.1) is 13.8 Å². The van der Waals surface area contributed by atoms with Gasteiger partial charge in [-0.15, -0.1) is 0 Å². The van der Waals surface area contributed by atoms with Crippen LogP contribution >= 0.6 is 7.82 Å². The average molecular weight is 876 g/mol. The Labute approximate surface area is 368 Å². The molecule has 61 heavy (non-hydrogen) atoms. The van der Waals surface area contributed by atoms with Crippen molar-refractivity contribution < 1.29 is 47.1 Å². The van der Waals surface area contributed by atoms with Crippen LogP contribution < -0.4 is 5.73 Å². The van der Waals surface area contributed by atoms with Gasteiger partial charge in [0, 0.05) is 32.2 Å². The lowest BCUT2D eigenvalue weighted by molar-refractivity contribution is -0.161. The quantitative estimate of drug-likeness (QED) is 0.0189. The van der Waals surface area contributed by atoms with Gasteiger partial charge in [0.15, 0.2) is 6.10 Å². The summed E-state index contributed by atoms with van der Waals surface area (Å²) < 4.78 is 39.0. The van der Waals surface area contributed by atoms with Gasteiger partial charge in [-0.05, 0) is 82.8 Å². The van der Waals surface area contributed by atoms with Crippen molar-refractivity contribution in [2.45, 2.75) is 188 Å². The highest BCUT2D eigenvalue weighted by Gasteiger charge is 2.26. The number of ether oxygens (including phenoxy) is 2. The number of rotatable bonds is 39. The van der Waals surface area contributed by atoms with Crippen LogP contribution in [0.3, 0.4) is 0 Å². The fourth-order valence-electron chi connectivity index (χ4n) is 6.46. The number of carbonyl (C=O) groups excluding carboxylic acids is 2.